The van der Waals surface area contributed by atoms with Crippen molar-refractivity contribution in [3.05, 3.63) is 242 Å². The molecule has 0 N–H and O–H groups in total. The van der Waals surface area contributed by atoms with Crippen molar-refractivity contribution in [2.75, 3.05) is 4.90 Å². The van der Waals surface area contributed by atoms with Crippen molar-refractivity contribution in [3.63, 3.8) is 0 Å². The lowest BCUT2D eigenvalue weighted by atomic mass is 9.82. The first kappa shape index (κ1) is 38.1. The zero-order valence-electron chi connectivity index (χ0n) is 36.7. The van der Waals surface area contributed by atoms with Crippen LogP contribution in [0.5, 0.6) is 0 Å². The van der Waals surface area contributed by atoms with E-state index in [9.17, 15) is 0 Å². The Labute approximate surface area is 384 Å². The number of fused-ring (bicyclic) bond motifs is 9. The molecule has 0 saturated carbocycles. The molecule has 13 rings (SSSR count). The molecule has 0 unspecified atom stereocenters. The van der Waals surface area contributed by atoms with Crippen LogP contribution in [-0.2, 0) is 5.41 Å². The molecule has 0 spiro atoms. The first-order valence-corrected chi connectivity index (χ1v) is 22.8. The SMILES string of the molecule is CC1(C)c2ccc(-c3ccccc3)cc2-c2ccc(N(c3ccc(-c4ccccc4)cc3)c3ccc(-c4ccc(-n5c6ccccc6c6cc7c(cc65)oc5ccccc57)cc4)cc3)cc21. The smallest absolute Gasteiger partial charge is 0.137 e. The minimum Gasteiger partial charge on any atom is -0.456 e. The van der Waals surface area contributed by atoms with E-state index in [1.54, 1.807) is 0 Å². The molecular formula is C63H44N2O. The zero-order valence-corrected chi connectivity index (χ0v) is 36.7. The summed E-state index contributed by atoms with van der Waals surface area (Å²) in [4.78, 5) is 2.40. The maximum Gasteiger partial charge on any atom is 0.137 e. The summed E-state index contributed by atoms with van der Waals surface area (Å²) >= 11 is 0. The Bertz CT molecular complexity index is 3800. The van der Waals surface area contributed by atoms with E-state index >= 15 is 0 Å². The van der Waals surface area contributed by atoms with Crippen LogP contribution in [0.2, 0.25) is 0 Å². The minimum atomic E-state index is -0.159. The van der Waals surface area contributed by atoms with Gasteiger partial charge in [0, 0.05) is 55.8 Å². The number of benzene rings is 10. The third kappa shape index (κ3) is 6.04. The summed E-state index contributed by atoms with van der Waals surface area (Å²) < 4.78 is 8.74. The molecule has 0 atom stereocenters. The van der Waals surface area contributed by atoms with Crippen LogP contribution < -0.4 is 4.90 Å². The second kappa shape index (κ2) is 14.8. The minimum absolute atomic E-state index is 0.159. The summed E-state index contributed by atoms with van der Waals surface area (Å²) in [6.07, 6.45) is 0. The van der Waals surface area contributed by atoms with E-state index in [0.29, 0.717) is 0 Å². The average molecular weight is 845 g/mol. The van der Waals surface area contributed by atoms with Crippen LogP contribution >= 0.6 is 0 Å². The molecular weight excluding hydrogens is 801 g/mol. The Morgan fingerprint density at radius 2 is 0.894 bits per heavy atom. The standard InChI is InChI=1S/C63H44N2O/c1-63(2)57-36-27-46(42-15-7-4-8-16-42)37-54(57)51-35-34-50(38-58(51)63)64(47-28-21-43(22-29-47)41-13-5-3-6-14-41)48-30-23-44(24-31-48)45-25-32-49(33-26-45)65-59-19-11-9-17-52(59)55-39-56-53-18-10-12-20-61(53)66-62(56)40-60(55)65/h3-40H,1-2H3. The van der Waals surface area contributed by atoms with Crippen molar-refractivity contribution in [1.29, 1.82) is 0 Å². The van der Waals surface area contributed by atoms with E-state index in [-0.39, 0.29) is 5.41 Å². The lowest BCUT2D eigenvalue weighted by Crippen LogP contribution is -2.16. The van der Waals surface area contributed by atoms with Crippen molar-refractivity contribution in [3.8, 4) is 50.2 Å². The number of para-hydroxylation sites is 2. The molecule has 2 heterocycles. The predicted molar refractivity (Wildman–Crippen MR) is 277 cm³/mol. The molecule has 1 aliphatic carbocycles. The molecule has 12 aromatic rings. The summed E-state index contributed by atoms with van der Waals surface area (Å²) in [7, 11) is 0. The molecule has 10 aromatic carbocycles. The van der Waals surface area contributed by atoms with E-state index in [1.165, 1.54) is 60.8 Å². The third-order valence-corrected chi connectivity index (χ3v) is 14.0. The van der Waals surface area contributed by atoms with E-state index < -0.39 is 0 Å². The van der Waals surface area contributed by atoms with Gasteiger partial charge < -0.3 is 13.9 Å². The van der Waals surface area contributed by atoms with Crippen LogP contribution in [0.1, 0.15) is 25.0 Å². The molecule has 3 nitrogen and oxygen atoms in total. The first-order chi connectivity index (χ1) is 32.5. The molecule has 312 valence electrons. The third-order valence-electron chi connectivity index (χ3n) is 14.0. The van der Waals surface area contributed by atoms with Gasteiger partial charge >= 0.3 is 0 Å². The summed E-state index contributed by atoms with van der Waals surface area (Å²) in [5, 5.41) is 4.74. The molecule has 0 radical (unpaired) electrons. The van der Waals surface area contributed by atoms with Gasteiger partial charge in [-0.25, -0.2) is 0 Å². The number of hydrogen-bond donors (Lipinski definition) is 0. The van der Waals surface area contributed by atoms with Crippen molar-refractivity contribution >= 4 is 60.8 Å². The van der Waals surface area contributed by atoms with Gasteiger partial charge in [-0.3, -0.25) is 0 Å². The summed E-state index contributed by atoms with van der Waals surface area (Å²) in [5.74, 6) is 0. The molecule has 1 aliphatic rings. The van der Waals surface area contributed by atoms with E-state index in [4.69, 9.17) is 4.42 Å². The Morgan fingerprint density at radius 1 is 0.348 bits per heavy atom. The fourth-order valence-corrected chi connectivity index (χ4v) is 10.6. The summed E-state index contributed by atoms with van der Waals surface area (Å²) in [6.45, 7) is 4.73. The molecule has 0 bridgehead atoms. The largest absolute Gasteiger partial charge is 0.456 e. The summed E-state index contributed by atoms with van der Waals surface area (Å²) in [5.41, 5.74) is 21.0. The van der Waals surface area contributed by atoms with Gasteiger partial charge in [0.25, 0.3) is 0 Å². The maximum atomic E-state index is 6.37. The second-order valence-corrected chi connectivity index (χ2v) is 18.1. The van der Waals surface area contributed by atoms with Gasteiger partial charge in [0.2, 0.25) is 0 Å². The Balaban J connectivity index is 0.871. The fraction of sp³-hybridized carbons (Fsp3) is 0.0476. The molecule has 0 saturated heterocycles. The first-order valence-electron chi connectivity index (χ1n) is 22.8. The van der Waals surface area contributed by atoms with Gasteiger partial charge in [-0.1, -0.05) is 166 Å². The molecule has 0 fully saturated rings. The molecule has 3 heteroatoms. The van der Waals surface area contributed by atoms with E-state index in [0.717, 1.165) is 61.3 Å². The molecule has 0 amide bonds. The summed E-state index contributed by atoms with van der Waals surface area (Å²) in [6, 6.07) is 83.9. The highest BCUT2D eigenvalue weighted by Crippen LogP contribution is 2.52. The topological polar surface area (TPSA) is 21.3 Å². The van der Waals surface area contributed by atoms with Gasteiger partial charge in [-0.05, 0) is 128 Å². The van der Waals surface area contributed by atoms with Gasteiger partial charge in [-0.15, -0.1) is 0 Å². The number of hydrogen-bond acceptors (Lipinski definition) is 2. The highest BCUT2D eigenvalue weighted by molar-refractivity contribution is 6.17. The van der Waals surface area contributed by atoms with Crippen molar-refractivity contribution in [2.24, 2.45) is 0 Å². The lowest BCUT2D eigenvalue weighted by molar-refractivity contribution is 0.660. The highest BCUT2D eigenvalue weighted by Gasteiger charge is 2.36. The normalized spacial score (nSPS) is 12.8. The quantitative estimate of drug-likeness (QED) is 0.159. The van der Waals surface area contributed by atoms with Crippen LogP contribution in [-0.4, -0.2) is 4.57 Å². The van der Waals surface area contributed by atoms with Crippen molar-refractivity contribution < 1.29 is 4.42 Å². The molecule has 66 heavy (non-hydrogen) atoms. The fourth-order valence-electron chi connectivity index (χ4n) is 10.6. The van der Waals surface area contributed by atoms with Crippen LogP contribution in [0.15, 0.2) is 235 Å². The number of anilines is 3. The number of furan rings is 1. The van der Waals surface area contributed by atoms with Crippen molar-refractivity contribution in [1.82, 2.24) is 4.57 Å². The van der Waals surface area contributed by atoms with Crippen LogP contribution in [0.4, 0.5) is 17.1 Å². The Hall–Kier alpha value is -8.40. The van der Waals surface area contributed by atoms with E-state index in [1.807, 2.05) is 12.1 Å². The van der Waals surface area contributed by atoms with Crippen LogP contribution in [0.25, 0.3) is 93.9 Å². The zero-order chi connectivity index (χ0) is 43.9. The number of rotatable bonds is 7. The second-order valence-electron chi connectivity index (χ2n) is 18.1. The Kier molecular flexibility index (Phi) is 8.56. The highest BCUT2D eigenvalue weighted by atomic mass is 16.3. The van der Waals surface area contributed by atoms with Gasteiger partial charge in [0.15, 0.2) is 0 Å². The Morgan fingerprint density at radius 3 is 1.58 bits per heavy atom. The van der Waals surface area contributed by atoms with Gasteiger partial charge in [0.1, 0.15) is 11.2 Å². The number of aromatic nitrogens is 1. The van der Waals surface area contributed by atoms with Gasteiger partial charge in [0.05, 0.1) is 11.0 Å². The molecule has 2 aromatic heterocycles. The van der Waals surface area contributed by atoms with E-state index in [2.05, 4.69) is 242 Å². The number of nitrogens with zero attached hydrogens (tertiary/aromatic N) is 2. The molecule has 0 aliphatic heterocycles. The monoisotopic (exact) mass is 844 g/mol. The predicted octanol–water partition coefficient (Wildman–Crippen LogP) is 17.5. The average Bonchev–Trinajstić information content (AvgIpc) is 3.98. The van der Waals surface area contributed by atoms with Crippen molar-refractivity contribution in [2.45, 2.75) is 19.3 Å². The van der Waals surface area contributed by atoms with Crippen LogP contribution in [0.3, 0.4) is 0 Å². The van der Waals surface area contributed by atoms with Gasteiger partial charge in [-0.2, -0.15) is 0 Å². The lowest BCUT2D eigenvalue weighted by Gasteiger charge is -2.28. The maximum absolute atomic E-state index is 6.37. The van der Waals surface area contributed by atoms with Crippen LogP contribution in [0, 0.1) is 0 Å².